The first-order chi connectivity index (χ1) is 16.9. The van der Waals surface area contributed by atoms with Crippen LogP contribution in [0.4, 0.5) is 14.6 Å². The number of hydrogen-bond donors (Lipinski definition) is 1. The molecule has 1 amide bonds. The summed E-state index contributed by atoms with van der Waals surface area (Å²) in [5.74, 6) is -0.329. The van der Waals surface area contributed by atoms with Crippen LogP contribution < -0.4 is 5.32 Å². The molecular formula is C24H16Cl2F2N6O. The minimum atomic E-state index is -2.81. The number of hydrogen-bond acceptors (Lipinski definition) is 4. The number of nitrogens with one attached hydrogen (secondary N) is 1. The average Bonchev–Trinajstić information content (AvgIpc) is 3.48. The Morgan fingerprint density at radius 1 is 1.03 bits per heavy atom. The van der Waals surface area contributed by atoms with Gasteiger partial charge in [-0.2, -0.15) is 10.2 Å². The maximum atomic E-state index is 13.8. The molecule has 0 atom stereocenters. The van der Waals surface area contributed by atoms with E-state index in [1.807, 2.05) is 6.07 Å². The van der Waals surface area contributed by atoms with E-state index in [0.29, 0.717) is 33.4 Å². The van der Waals surface area contributed by atoms with Gasteiger partial charge in [-0.3, -0.25) is 9.48 Å². The van der Waals surface area contributed by atoms with Crippen molar-refractivity contribution in [2.75, 3.05) is 5.32 Å². The second kappa shape index (κ2) is 9.44. The van der Waals surface area contributed by atoms with Crippen LogP contribution in [0.3, 0.4) is 0 Å². The highest BCUT2D eigenvalue weighted by Gasteiger charge is 2.22. The molecular weight excluding hydrogens is 497 g/mol. The predicted octanol–water partition coefficient (Wildman–Crippen LogP) is 6.14. The zero-order chi connectivity index (χ0) is 24.5. The summed E-state index contributed by atoms with van der Waals surface area (Å²) in [5, 5.41) is 12.0. The van der Waals surface area contributed by atoms with Crippen molar-refractivity contribution in [1.82, 2.24) is 24.4 Å². The number of halogens is 4. The van der Waals surface area contributed by atoms with Gasteiger partial charge in [0.1, 0.15) is 11.3 Å². The molecule has 0 bridgehead atoms. The van der Waals surface area contributed by atoms with E-state index in [9.17, 15) is 13.6 Å². The van der Waals surface area contributed by atoms with E-state index < -0.39 is 12.3 Å². The van der Waals surface area contributed by atoms with Crippen LogP contribution in [0, 0.1) is 0 Å². The predicted molar refractivity (Wildman–Crippen MR) is 129 cm³/mol. The van der Waals surface area contributed by atoms with Gasteiger partial charge >= 0.3 is 0 Å². The molecule has 0 fully saturated rings. The number of alkyl halides is 2. The maximum Gasteiger partial charge on any atom is 0.280 e. The Labute approximate surface area is 207 Å². The molecule has 11 heteroatoms. The van der Waals surface area contributed by atoms with Crippen LogP contribution >= 0.6 is 23.2 Å². The van der Waals surface area contributed by atoms with E-state index in [1.165, 1.54) is 12.3 Å². The van der Waals surface area contributed by atoms with Gasteiger partial charge in [-0.1, -0.05) is 59.6 Å². The fraction of sp³-hybridized carbons (Fsp3) is 0.0833. The molecule has 0 saturated carbocycles. The van der Waals surface area contributed by atoms with Crippen molar-refractivity contribution < 1.29 is 13.6 Å². The summed E-state index contributed by atoms with van der Waals surface area (Å²) >= 11 is 12.4. The lowest BCUT2D eigenvalue weighted by Crippen LogP contribution is -2.13. The molecule has 5 rings (SSSR count). The largest absolute Gasteiger partial charge is 0.305 e. The summed E-state index contributed by atoms with van der Waals surface area (Å²) in [6.07, 6.45) is 0.0521. The molecule has 7 nitrogen and oxygen atoms in total. The zero-order valence-corrected chi connectivity index (χ0v) is 19.4. The quantitative estimate of drug-likeness (QED) is 0.296. The molecule has 0 aliphatic rings. The third kappa shape index (κ3) is 4.60. The first-order valence-electron chi connectivity index (χ1n) is 10.4. The molecule has 0 saturated heterocycles. The van der Waals surface area contributed by atoms with Gasteiger partial charge in [-0.05, 0) is 18.2 Å². The Morgan fingerprint density at radius 2 is 1.77 bits per heavy atom. The Morgan fingerprint density at radius 3 is 2.49 bits per heavy atom. The molecule has 0 aliphatic heterocycles. The standard InChI is InChI=1S/C24H16Cl2F2N6O/c25-17-7-4-8-18(26)16(17)13-33-10-9-21(32-33)31-24(35)15-12-29-34-20(22(27)28)11-19(30-23(15)34)14-5-2-1-3-6-14/h1-12,22H,13H2,(H,31,32,35). The molecule has 0 radical (unpaired) electrons. The van der Waals surface area contributed by atoms with Gasteiger partial charge in [0, 0.05) is 33.4 Å². The fourth-order valence-electron chi connectivity index (χ4n) is 3.60. The van der Waals surface area contributed by atoms with Crippen LogP contribution in [-0.2, 0) is 6.54 Å². The van der Waals surface area contributed by atoms with Gasteiger partial charge < -0.3 is 5.32 Å². The Bertz CT molecular complexity index is 1510. The van der Waals surface area contributed by atoms with E-state index in [-0.39, 0.29) is 22.7 Å². The number of carbonyl (C=O) groups is 1. The number of carbonyl (C=O) groups excluding carboxylic acids is 1. The third-order valence-corrected chi connectivity index (χ3v) is 6.01. The summed E-state index contributed by atoms with van der Waals surface area (Å²) in [5.41, 5.74) is 1.32. The molecule has 5 aromatic rings. The van der Waals surface area contributed by atoms with Crippen LogP contribution in [-0.4, -0.2) is 30.3 Å². The second-order valence-electron chi connectivity index (χ2n) is 7.58. The van der Waals surface area contributed by atoms with E-state index in [4.69, 9.17) is 23.2 Å². The van der Waals surface area contributed by atoms with E-state index in [1.54, 1.807) is 59.4 Å². The van der Waals surface area contributed by atoms with Crippen molar-refractivity contribution in [2.45, 2.75) is 13.0 Å². The number of anilines is 1. The highest BCUT2D eigenvalue weighted by molar-refractivity contribution is 6.36. The minimum absolute atomic E-state index is 0.0152. The molecule has 1 N–H and O–H groups in total. The molecule has 0 spiro atoms. The van der Waals surface area contributed by atoms with E-state index in [0.717, 1.165) is 4.52 Å². The Hall–Kier alpha value is -3.82. The molecule has 0 aliphatic carbocycles. The molecule has 2 aromatic carbocycles. The lowest BCUT2D eigenvalue weighted by Gasteiger charge is -2.08. The average molecular weight is 513 g/mol. The Kier molecular flexibility index (Phi) is 6.19. The normalized spacial score (nSPS) is 11.3. The first kappa shape index (κ1) is 22.9. The van der Waals surface area contributed by atoms with Crippen molar-refractivity contribution in [3.05, 3.63) is 99.9 Å². The monoisotopic (exact) mass is 512 g/mol. The van der Waals surface area contributed by atoms with Gasteiger partial charge in [-0.15, -0.1) is 0 Å². The second-order valence-corrected chi connectivity index (χ2v) is 8.39. The SMILES string of the molecule is O=C(Nc1ccn(Cc2c(Cl)cccc2Cl)n1)c1cnn2c(C(F)F)cc(-c3ccccc3)nc12. The fourth-order valence-corrected chi connectivity index (χ4v) is 4.12. The van der Waals surface area contributed by atoms with Crippen LogP contribution in [0.15, 0.2) is 73.1 Å². The van der Waals surface area contributed by atoms with Crippen molar-refractivity contribution >= 4 is 40.6 Å². The van der Waals surface area contributed by atoms with Crippen LogP contribution in [0.25, 0.3) is 16.9 Å². The van der Waals surface area contributed by atoms with Gasteiger partial charge in [0.25, 0.3) is 12.3 Å². The number of amides is 1. The minimum Gasteiger partial charge on any atom is -0.305 e. The smallest absolute Gasteiger partial charge is 0.280 e. The van der Waals surface area contributed by atoms with Crippen molar-refractivity contribution in [2.24, 2.45) is 0 Å². The zero-order valence-electron chi connectivity index (χ0n) is 17.9. The van der Waals surface area contributed by atoms with Crippen LogP contribution in [0.1, 0.15) is 28.0 Å². The molecule has 3 aromatic heterocycles. The van der Waals surface area contributed by atoms with Crippen molar-refractivity contribution in [3.8, 4) is 11.3 Å². The maximum absolute atomic E-state index is 13.8. The highest BCUT2D eigenvalue weighted by atomic mass is 35.5. The molecule has 3 heterocycles. The number of nitrogens with zero attached hydrogens (tertiary/aromatic N) is 5. The van der Waals surface area contributed by atoms with Gasteiger partial charge in [0.15, 0.2) is 11.5 Å². The first-order valence-corrected chi connectivity index (χ1v) is 11.2. The molecule has 0 unspecified atom stereocenters. The van der Waals surface area contributed by atoms with Crippen molar-refractivity contribution in [1.29, 1.82) is 0 Å². The van der Waals surface area contributed by atoms with Gasteiger partial charge in [-0.25, -0.2) is 18.3 Å². The highest BCUT2D eigenvalue weighted by Crippen LogP contribution is 2.27. The summed E-state index contributed by atoms with van der Waals surface area (Å²) in [6.45, 7) is 0.296. The lowest BCUT2D eigenvalue weighted by molar-refractivity contribution is 0.102. The van der Waals surface area contributed by atoms with E-state index >= 15 is 0 Å². The summed E-state index contributed by atoms with van der Waals surface area (Å²) < 4.78 is 30.1. The lowest BCUT2D eigenvalue weighted by atomic mass is 10.1. The molecule has 35 heavy (non-hydrogen) atoms. The summed E-state index contributed by atoms with van der Waals surface area (Å²) in [4.78, 5) is 17.5. The topological polar surface area (TPSA) is 77.1 Å². The number of benzene rings is 2. The molecule has 176 valence electrons. The Balaban J connectivity index is 1.44. The number of aromatic nitrogens is 5. The van der Waals surface area contributed by atoms with Gasteiger partial charge in [0.05, 0.1) is 18.4 Å². The van der Waals surface area contributed by atoms with Crippen LogP contribution in [0.5, 0.6) is 0 Å². The van der Waals surface area contributed by atoms with Crippen LogP contribution in [0.2, 0.25) is 10.0 Å². The number of fused-ring (bicyclic) bond motifs is 1. The van der Waals surface area contributed by atoms with Crippen molar-refractivity contribution in [3.63, 3.8) is 0 Å². The summed E-state index contributed by atoms with van der Waals surface area (Å²) in [7, 11) is 0. The third-order valence-electron chi connectivity index (χ3n) is 5.30. The van der Waals surface area contributed by atoms with Gasteiger partial charge in [0.2, 0.25) is 0 Å². The summed E-state index contributed by atoms with van der Waals surface area (Å²) in [6, 6.07) is 16.9. The number of rotatable bonds is 6. The van der Waals surface area contributed by atoms with E-state index in [2.05, 4.69) is 20.5 Å².